The Balaban J connectivity index is 1.86. The molecule has 1 aromatic heterocycles. The third-order valence-electron chi connectivity index (χ3n) is 2.97. The second kappa shape index (κ2) is 6.63. The summed E-state index contributed by atoms with van der Waals surface area (Å²) in [5.74, 6) is -0.172. The van der Waals surface area contributed by atoms with Gasteiger partial charge in [-0.05, 0) is 26.3 Å². The van der Waals surface area contributed by atoms with E-state index in [0.29, 0.717) is 11.7 Å². The number of rotatable bonds is 5. The number of carbonyl (C=O) groups excluding carboxylic acids is 1. The van der Waals surface area contributed by atoms with Crippen LogP contribution in [0.1, 0.15) is 23.1 Å². The molecule has 1 heterocycles. The highest BCUT2D eigenvalue weighted by atomic mass is 32.1. The molecule has 5 heteroatoms. The largest absolute Gasteiger partial charge is 0.364 e. The molecule has 0 radical (unpaired) electrons. The number of hydrogen-bond donors (Lipinski definition) is 1. The number of aryl methyl sites for hydroxylation is 2. The first-order valence-electron chi connectivity index (χ1n) is 6.46. The van der Waals surface area contributed by atoms with Gasteiger partial charge in [0.25, 0.3) is 5.91 Å². The van der Waals surface area contributed by atoms with Crippen LogP contribution in [0.2, 0.25) is 0 Å². The zero-order chi connectivity index (χ0) is 14.5. The monoisotopic (exact) mass is 290 g/mol. The maximum atomic E-state index is 12.0. The van der Waals surface area contributed by atoms with Crippen molar-refractivity contribution in [1.29, 1.82) is 0 Å². The number of hydrogen-bond acceptors (Lipinski definition) is 4. The van der Waals surface area contributed by atoms with E-state index >= 15 is 0 Å². The Morgan fingerprint density at radius 3 is 2.65 bits per heavy atom. The van der Waals surface area contributed by atoms with Crippen molar-refractivity contribution < 1.29 is 9.53 Å². The average molecular weight is 290 g/mol. The predicted octanol–water partition coefficient (Wildman–Crippen LogP) is 3.30. The molecule has 0 spiro atoms. The molecule has 2 rings (SSSR count). The minimum atomic E-state index is -0.514. The van der Waals surface area contributed by atoms with Crippen LogP contribution >= 0.6 is 11.3 Å². The molecule has 106 valence electrons. The Morgan fingerprint density at radius 1 is 1.35 bits per heavy atom. The van der Waals surface area contributed by atoms with E-state index in [-0.39, 0.29) is 5.91 Å². The molecule has 4 nitrogen and oxygen atoms in total. The number of anilines is 1. The van der Waals surface area contributed by atoms with Crippen molar-refractivity contribution in [3.05, 3.63) is 46.5 Å². The van der Waals surface area contributed by atoms with Gasteiger partial charge in [-0.25, -0.2) is 4.98 Å². The maximum absolute atomic E-state index is 12.0. The number of amides is 1. The van der Waals surface area contributed by atoms with Crippen LogP contribution in [0.4, 0.5) is 5.13 Å². The smallest absolute Gasteiger partial charge is 0.255 e. The molecule has 20 heavy (non-hydrogen) atoms. The van der Waals surface area contributed by atoms with Crippen LogP contribution in [-0.2, 0) is 16.1 Å². The second-order valence-electron chi connectivity index (χ2n) is 4.59. The molecular weight excluding hydrogens is 272 g/mol. The first kappa shape index (κ1) is 14.7. The van der Waals surface area contributed by atoms with Gasteiger partial charge in [-0.2, -0.15) is 0 Å². The summed E-state index contributed by atoms with van der Waals surface area (Å²) >= 11 is 1.48. The third kappa shape index (κ3) is 3.88. The molecule has 0 bridgehead atoms. The lowest BCUT2D eigenvalue weighted by molar-refractivity contribution is -0.127. The molecule has 1 amide bonds. The van der Waals surface area contributed by atoms with Gasteiger partial charge < -0.3 is 4.74 Å². The van der Waals surface area contributed by atoms with E-state index in [0.717, 1.165) is 16.1 Å². The highest BCUT2D eigenvalue weighted by Crippen LogP contribution is 2.21. The van der Waals surface area contributed by atoms with Crippen molar-refractivity contribution in [2.24, 2.45) is 0 Å². The van der Waals surface area contributed by atoms with Gasteiger partial charge in [0, 0.05) is 4.88 Å². The van der Waals surface area contributed by atoms with Gasteiger partial charge in [0.05, 0.1) is 12.3 Å². The van der Waals surface area contributed by atoms with E-state index in [9.17, 15) is 4.79 Å². The lowest BCUT2D eigenvalue weighted by Gasteiger charge is -2.12. The SMILES string of the molecule is Cc1nc(NC(=O)[C@@H](C)OCc2ccccc2)sc1C. The summed E-state index contributed by atoms with van der Waals surface area (Å²) in [6, 6.07) is 9.79. The number of thiazole rings is 1. The van der Waals surface area contributed by atoms with E-state index in [1.54, 1.807) is 6.92 Å². The Labute approximate surface area is 122 Å². The molecule has 1 atom stereocenters. The molecule has 0 aliphatic rings. The van der Waals surface area contributed by atoms with Crippen LogP contribution in [0.15, 0.2) is 30.3 Å². The average Bonchev–Trinajstić information content (AvgIpc) is 2.75. The first-order chi connectivity index (χ1) is 9.56. The molecule has 1 aromatic carbocycles. The van der Waals surface area contributed by atoms with Gasteiger partial charge in [0.1, 0.15) is 6.10 Å². The van der Waals surface area contributed by atoms with E-state index in [2.05, 4.69) is 10.3 Å². The summed E-state index contributed by atoms with van der Waals surface area (Å²) in [4.78, 5) is 17.4. The molecule has 0 fully saturated rings. The van der Waals surface area contributed by atoms with Crippen LogP contribution in [-0.4, -0.2) is 17.0 Å². The molecule has 0 aliphatic carbocycles. The molecule has 0 unspecified atom stereocenters. The Kier molecular flexibility index (Phi) is 4.87. The van der Waals surface area contributed by atoms with E-state index in [1.807, 2.05) is 44.2 Å². The normalized spacial score (nSPS) is 12.2. The van der Waals surface area contributed by atoms with E-state index in [4.69, 9.17) is 4.74 Å². The highest BCUT2D eigenvalue weighted by molar-refractivity contribution is 7.15. The van der Waals surface area contributed by atoms with Crippen LogP contribution in [0, 0.1) is 13.8 Å². The van der Waals surface area contributed by atoms with Gasteiger partial charge in [0.2, 0.25) is 0 Å². The molecule has 1 N–H and O–H groups in total. The maximum Gasteiger partial charge on any atom is 0.255 e. The quantitative estimate of drug-likeness (QED) is 0.919. The van der Waals surface area contributed by atoms with Crippen LogP contribution in [0.25, 0.3) is 0 Å². The number of nitrogens with one attached hydrogen (secondary N) is 1. The Bertz CT molecular complexity index is 561. The minimum absolute atomic E-state index is 0.172. The van der Waals surface area contributed by atoms with Gasteiger partial charge in [-0.3, -0.25) is 10.1 Å². The first-order valence-corrected chi connectivity index (χ1v) is 7.28. The molecule has 0 saturated carbocycles. The zero-order valence-corrected chi connectivity index (χ0v) is 12.7. The summed E-state index contributed by atoms with van der Waals surface area (Å²) in [6.45, 7) is 6.08. The fourth-order valence-electron chi connectivity index (χ4n) is 1.60. The number of nitrogens with zero attached hydrogens (tertiary/aromatic N) is 1. The summed E-state index contributed by atoms with van der Waals surface area (Å²) in [5.41, 5.74) is 2.00. The minimum Gasteiger partial charge on any atom is -0.364 e. The summed E-state index contributed by atoms with van der Waals surface area (Å²) in [7, 11) is 0. The van der Waals surface area contributed by atoms with Gasteiger partial charge in [-0.1, -0.05) is 30.3 Å². The summed E-state index contributed by atoms with van der Waals surface area (Å²) in [6.07, 6.45) is -0.514. The zero-order valence-electron chi connectivity index (χ0n) is 11.8. The third-order valence-corrected chi connectivity index (χ3v) is 3.96. The molecule has 0 aliphatic heterocycles. The van der Waals surface area contributed by atoms with Crippen LogP contribution in [0.5, 0.6) is 0 Å². The number of benzene rings is 1. The molecule has 0 saturated heterocycles. The van der Waals surface area contributed by atoms with E-state index in [1.165, 1.54) is 11.3 Å². The number of aromatic nitrogens is 1. The van der Waals surface area contributed by atoms with Crippen LogP contribution < -0.4 is 5.32 Å². The van der Waals surface area contributed by atoms with Gasteiger partial charge >= 0.3 is 0 Å². The predicted molar refractivity (Wildman–Crippen MR) is 80.9 cm³/mol. The van der Waals surface area contributed by atoms with Crippen LogP contribution in [0.3, 0.4) is 0 Å². The highest BCUT2D eigenvalue weighted by Gasteiger charge is 2.15. The summed E-state index contributed by atoms with van der Waals surface area (Å²) < 4.78 is 5.56. The van der Waals surface area contributed by atoms with Crippen molar-refractivity contribution in [2.75, 3.05) is 5.32 Å². The standard InChI is InChI=1S/C15H18N2O2S/c1-10-12(3)20-15(16-10)17-14(18)11(2)19-9-13-7-5-4-6-8-13/h4-8,11H,9H2,1-3H3,(H,16,17,18)/t11-/m1/s1. The second-order valence-corrected chi connectivity index (χ2v) is 5.79. The van der Waals surface area contributed by atoms with Gasteiger partial charge in [0.15, 0.2) is 5.13 Å². The topological polar surface area (TPSA) is 51.2 Å². The Morgan fingerprint density at radius 2 is 2.05 bits per heavy atom. The molecular formula is C15H18N2O2S. The van der Waals surface area contributed by atoms with Crippen molar-refractivity contribution in [3.8, 4) is 0 Å². The van der Waals surface area contributed by atoms with Crippen molar-refractivity contribution in [2.45, 2.75) is 33.5 Å². The van der Waals surface area contributed by atoms with Crippen molar-refractivity contribution in [3.63, 3.8) is 0 Å². The lowest BCUT2D eigenvalue weighted by atomic mass is 10.2. The van der Waals surface area contributed by atoms with Crippen molar-refractivity contribution in [1.82, 2.24) is 4.98 Å². The fraction of sp³-hybridized carbons (Fsp3) is 0.333. The summed E-state index contributed by atoms with van der Waals surface area (Å²) in [5, 5.41) is 3.41. The van der Waals surface area contributed by atoms with Gasteiger partial charge in [-0.15, -0.1) is 11.3 Å². The number of carbonyl (C=O) groups is 1. The number of ether oxygens (including phenoxy) is 1. The fourth-order valence-corrected chi connectivity index (χ4v) is 2.42. The molecule has 2 aromatic rings. The lowest BCUT2D eigenvalue weighted by Crippen LogP contribution is -2.27. The van der Waals surface area contributed by atoms with Crippen molar-refractivity contribution >= 4 is 22.4 Å². The Hall–Kier alpha value is -1.72. The van der Waals surface area contributed by atoms with E-state index < -0.39 is 6.10 Å².